The van der Waals surface area contributed by atoms with Gasteiger partial charge in [0.2, 0.25) is 5.91 Å². The van der Waals surface area contributed by atoms with E-state index in [1.165, 1.54) is 17.3 Å². The second kappa shape index (κ2) is 5.88. The summed E-state index contributed by atoms with van der Waals surface area (Å²) in [5.74, 6) is 0.306. The summed E-state index contributed by atoms with van der Waals surface area (Å²) in [5, 5.41) is 11.3. The molecule has 1 amide bonds. The topological polar surface area (TPSA) is 59.8 Å². The lowest BCUT2D eigenvalue weighted by Crippen LogP contribution is -2.20. The van der Waals surface area contributed by atoms with Gasteiger partial charge in [0.15, 0.2) is 5.16 Å². The van der Waals surface area contributed by atoms with Crippen LogP contribution in [0.4, 0.5) is 0 Å². The summed E-state index contributed by atoms with van der Waals surface area (Å²) in [6.45, 7) is 4.11. The number of carbonyl (C=O) groups is 1. The number of aryl methyl sites for hydroxylation is 2. The Labute approximate surface area is 116 Å². The van der Waals surface area contributed by atoms with Crippen LogP contribution in [0.2, 0.25) is 0 Å². The highest BCUT2D eigenvalue weighted by Gasteiger charge is 2.10. The Balaban J connectivity index is 2.26. The van der Waals surface area contributed by atoms with E-state index in [4.69, 9.17) is 0 Å². The maximum absolute atomic E-state index is 11.3. The molecule has 2 aromatic rings. The first-order chi connectivity index (χ1) is 9.11. The van der Waals surface area contributed by atoms with Crippen LogP contribution < -0.4 is 5.32 Å². The molecule has 0 spiro atoms. The second-order valence-corrected chi connectivity index (χ2v) is 5.18. The minimum Gasteiger partial charge on any atom is -0.358 e. The van der Waals surface area contributed by atoms with Crippen LogP contribution in [0, 0.1) is 13.8 Å². The third-order valence-corrected chi connectivity index (χ3v) is 3.68. The predicted octanol–water partition coefficient (Wildman–Crippen LogP) is 1.72. The first kappa shape index (κ1) is 13.6. The number of aromatic nitrogens is 3. The minimum atomic E-state index is -0.0276. The molecule has 0 saturated heterocycles. The first-order valence-corrected chi connectivity index (χ1v) is 6.91. The van der Waals surface area contributed by atoms with Gasteiger partial charge in [0.1, 0.15) is 6.33 Å². The quantitative estimate of drug-likeness (QED) is 0.864. The number of hydrogen-bond acceptors (Lipinski definition) is 4. The Hall–Kier alpha value is -1.82. The molecule has 6 heteroatoms. The van der Waals surface area contributed by atoms with Crippen molar-refractivity contribution >= 4 is 17.7 Å². The van der Waals surface area contributed by atoms with Crippen molar-refractivity contribution in [2.45, 2.75) is 19.0 Å². The van der Waals surface area contributed by atoms with Gasteiger partial charge in [-0.05, 0) is 25.5 Å². The highest BCUT2D eigenvalue weighted by molar-refractivity contribution is 7.99. The first-order valence-electron chi connectivity index (χ1n) is 5.93. The van der Waals surface area contributed by atoms with Gasteiger partial charge in [0, 0.05) is 7.05 Å². The van der Waals surface area contributed by atoms with Crippen molar-refractivity contribution < 1.29 is 4.79 Å². The maximum atomic E-state index is 11.3. The van der Waals surface area contributed by atoms with Crippen LogP contribution in [-0.4, -0.2) is 33.5 Å². The molecule has 0 aliphatic rings. The Morgan fingerprint density at radius 2 is 2.21 bits per heavy atom. The third kappa shape index (κ3) is 3.14. The Morgan fingerprint density at radius 1 is 1.42 bits per heavy atom. The van der Waals surface area contributed by atoms with Gasteiger partial charge in [-0.25, -0.2) is 0 Å². The molecule has 100 valence electrons. The molecule has 0 aliphatic heterocycles. The molecule has 0 radical (unpaired) electrons. The standard InChI is InChI=1S/C13H16N4OS/c1-9-4-5-11(10(2)6-9)17-8-15-16-13(17)19-7-12(18)14-3/h4-6,8H,7H2,1-3H3,(H,14,18). The number of rotatable bonds is 4. The summed E-state index contributed by atoms with van der Waals surface area (Å²) in [4.78, 5) is 11.3. The number of benzene rings is 1. The van der Waals surface area contributed by atoms with E-state index in [0.29, 0.717) is 5.75 Å². The van der Waals surface area contributed by atoms with Crippen LogP contribution in [0.3, 0.4) is 0 Å². The van der Waals surface area contributed by atoms with Gasteiger partial charge in [0.05, 0.1) is 11.4 Å². The third-order valence-electron chi connectivity index (χ3n) is 2.74. The molecule has 0 atom stereocenters. The van der Waals surface area contributed by atoms with Gasteiger partial charge >= 0.3 is 0 Å². The van der Waals surface area contributed by atoms with Crippen LogP contribution in [0.25, 0.3) is 5.69 Å². The van der Waals surface area contributed by atoms with Crippen LogP contribution in [0.1, 0.15) is 11.1 Å². The number of carbonyl (C=O) groups excluding carboxylic acids is 1. The summed E-state index contributed by atoms with van der Waals surface area (Å²) in [5.41, 5.74) is 3.41. The van der Waals surface area contributed by atoms with E-state index < -0.39 is 0 Å². The van der Waals surface area contributed by atoms with Crippen molar-refractivity contribution in [1.29, 1.82) is 0 Å². The Bertz CT molecular complexity index is 594. The molecule has 1 N–H and O–H groups in total. The molecule has 2 rings (SSSR count). The predicted molar refractivity (Wildman–Crippen MR) is 75.6 cm³/mol. The zero-order chi connectivity index (χ0) is 13.8. The van der Waals surface area contributed by atoms with Crippen molar-refractivity contribution in [3.8, 4) is 5.69 Å². The number of nitrogens with one attached hydrogen (secondary N) is 1. The zero-order valence-electron chi connectivity index (χ0n) is 11.2. The van der Waals surface area contributed by atoms with Crippen molar-refractivity contribution in [3.05, 3.63) is 35.7 Å². The monoisotopic (exact) mass is 276 g/mol. The van der Waals surface area contributed by atoms with E-state index in [0.717, 1.165) is 16.4 Å². The molecule has 0 saturated carbocycles. The maximum Gasteiger partial charge on any atom is 0.230 e. The second-order valence-electron chi connectivity index (χ2n) is 4.24. The molecular weight excluding hydrogens is 260 g/mol. The average molecular weight is 276 g/mol. The normalized spacial score (nSPS) is 10.5. The lowest BCUT2D eigenvalue weighted by atomic mass is 10.1. The van der Waals surface area contributed by atoms with Gasteiger partial charge in [-0.2, -0.15) is 0 Å². The van der Waals surface area contributed by atoms with Crippen LogP contribution in [0.15, 0.2) is 29.7 Å². The van der Waals surface area contributed by atoms with E-state index in [2.05, 4.69) is 41.5 Å². The SMILES string of the molecule is CNC(=O)CSc1nncn1-c1ccc(C)cc1C. The van der Waals surface area contributed by atoms with Crippen LogP contribution in [-0.2, 0) is 4.79 Å². The molecule has 0 bridgehead atoms. The number of nitrogens with zero attached hydrogens (tertiary/aromatic N) is 3. The molecular formula is C13H16N4OS. The Morgan fingerprint density at radius 3 is 2.89 bits per heavy atom. The van der Waals surface area contributed by atoms with Crippen molar-refractivity contribution in [1.82, 2.24) is 20.1 Å². The fourth-order valence-corrected chi connectivity index (χ4v) is 2.56. The molecule has 0 unspecified atom stereocenters. The lowest BCUT2D eigenvalue weighted by molar-refractivity contribution is -0.118. The van der Waals surface area contributed by atoms with Crippen LogP contribution in [0.5, 0.6) is 0 Å². The van der Waals surface area contributed by atoms with E-state index in [9.17, 15) is 4.79 Å². The number of hydrogen-bond donors (Lipinski definition) is 1. The molecule has 1 aromatic heterocycles. The van der Waals surface area contributed by atoms with Crippen LogP contribution >= 0.6 is 11.8 Å². The van der Waals surface area contributed by atoms with Gasteiger partial charge in [-0.3, -0.25) is 9.36 Å². The highest BCUT2D eigenvalue weighted by atomic mass is 32.2. The van der Waals surface area contributed by atoms with Gasteiger partial charge in [-0.1, -0.05) is 29.5 Å². The van der Waals surface area contributed by atoms with E-state index in [1.807, 2.05) is 10.6 Å². The summed E-state index contributed by atoms with van der Waals surface area (Å²) in [6, 6.07) is 6.20. The molecule has 1 aromatic carbocycles. The van der Waals surface area contributed by atoms with Crippen molar-refractivity contribution in [2.75, 3.05) is 12.8 Å². The fourth-order valence-electron chi connectivity index (χ4n) is 1.77. The van der Waals surface area contributed by atoms with Gasteiger partial charge in [-0.15, -0.1) is 10.2 Å². The van der Waals surface area contributed by atoms with Crippen molar-refractivity contribution in [2.24, 2.45) is 0 Å². The smallest absolute Gasteiger partial charge is 0.230 e. The molecule has 5 nitrogen and oxygen atoms in total. The lowest BCUT2D eigenvalue weighted by Gasteiger charge is -2.09. The summed E-state index contributed by atoms with van der Waals surface area (Å²) >= 11 is 1.37. The number of thioether (sulfide) groups is 1. The van der Waals surface area contributed by atoms with Crippen molar-refractivity contribution in [3.63, 3.8) is 0 Å². The number of amides is 1. The van der Waals surface area contributed by atoms with E-state index >= 15 is 0 Å². The Kier molecular flexibility index (Phi) is 4.21. The van der Waals surface area contributed by atoms with E-state index in [1.54, 1.807) is 13.4 Å². The molecule has 0 fully saturated rings. The largest absolute Gasteiger partial charge is 0.358 e. The molecule has 0 aliphatic carbocycles. The average Bonchev–Trinajstić information content (AvgIpc) is 2.84. The highest BCUT2D eigenvalue weighted by Crippen LogP contribution is 2.22. The summed E-state index contributed by atoms with van der Waals surface area (Å²) in [7, 11) is 1.62. The molecule has 1 heterocycles. The van der Waals surface area contributed by atoms with Gasteiger partial charge < -0.3 is 5.32 Å². The van der Waals surface area contributed by atoms with E-state index in [-0.39, 0.29) is 5.91 Å². The molecule has 19 heavy (non-hydrogen) atoms. The zero-order valence-corrected chi connectivity index (χ0v) is 12.0. The fraction of sp³-hybridized carbons (Fsp3) is 0.308. The summed E-state index contributed by atoms with van der Waals surface area (Å²) in [6.07, 6.45) is 1.67. The minimum absolute atomic E-state index is 0.0276. The summed E-state index contributed by atoms with van der Waals surface area (Å²) < 4.78 is 1.91. The van der Waals surface area contributed by atoms with Gasteiger partial charge in [0.25, 0.3) is 0 Å².